The molecule has 6 rings (SSSR count). The van der Waals surface area contributed by atoms with Crippen molar-refractivity contribution in [1.29, 1.82) is 0 Å². The van der Waals surface area contributed by atoms with Crippen LogP contribution in [-0.4, -0.2) is 28.9 Å². The van der Waals surface area contributed by atoms with Crippen LogP contribution < -0.4 is 5.32 Å². The SMILES string of the molecule is C[C@]12CC[C@@H](O)C[C@@H]1CC[C@@H]1[C@@H]2CC[C@]2(C)[C@H]3CC[C@]12O[C@@H]1NC(=O)C[C@@H]13. The minimum atomic E-state index is -0.0807. The maximum atomic E-state index is 12.1. The van der Waals surface area contributed by atoms with Gasteiger partial charge in [0.15, 0.2) is 0 Å². The minimum absolute atomic E-state index is 0.0244. The first-order chi connectivity index (χ1) is 12.9. The van der Waals surface area contributed by atoms with Gasteiger partial charge < -0.3 is 15.2 Å². The van der Waals surface area contributed by atoms with Crippen LogP contribution in [0.2, 0.25) is 0 Å². The van der Waals surface area contributed by atoms with Crippen LogP contribution in [0.4, 0.5) is 0 Å². The fraction of sp³-hybridized carbons (Fsp3) is 0.957. The van der Waals surface area contributed by atoms with Gasteiger partial charge in [0.1, 0.15) is 6.23 Å². The van der Waals surface area contributed by atoms with Crippen molar-refractivity contribution in [2.75, 3.05) is 0 Å². The molecule has 1 amide bonds. The topological polar surface area (TPSA) is 58.6 Å². The third kappa shape index (κ3) is 1.95. The van der Waals surface area contributed by atoms with Crippen molar-refractivity contribution in [1.82, 2.24) is 5.32 Å². The lowest BCUT2D eigenvalue weighted by Gasteiger charge is -2.67. The van der Waals surface area contributed by atoms with Crippen molar-refractivity contribution in [2.24, 2.45) is 40.4 Å². The lowest BCUT2D eigenvalue weighted by Crippen LogP contribution is -2.67. The number of hydrogen-bond donors (Lipinski definition) is 2. The van der Waals surface area contributed by atoms with Gasteiger partial charge in [0.25, 0.3) is 0 Å². The maximum absolute atomic E-state index is 12.1. The Hall–Kier alpha value is -0.610. The molecule has 27 heavy (non-hydrogen) atoms. The molecule has 0 radical (unpaired) electrons. The summed E-state index contributed by atoms with van der Waals surface area (Å²) < 4.78 is 7.00. The van der Waals surface area contributed by atoms with Gasteiger partial charge in [-0.1, -0.05) is 13.8 Å². The van der Waals surface area contributed by atoms with Crippen molar-refractivity contribution in [3.63, 3.8) is 0 Å². The molecule has 2 heterocycles. The van der Waals surface area contributed by atoms with Gasteiger partial charge in [0, 0.05) is 17.8 Å². The number of fused-ring (bicyclic) bond motifs is 5. The quantitative estimate of drug-likeness (QED) is 0.682. The van der Waals surface area contributed by atoms with Crippen LogP contribution in [0.25, 0.3) is 0 Å². The zero-order chi connectivity index (χ0) is 18.6. The number of carbonyl (C=O) groups excluding carboxylic acids is 1. The summed E-state index contributed by atoms with van der Waals surface area (Å²) in [5, 5.41) is 13.4. The summed E-state index contributed by atoms with van der Waals surface area (Å²) in [6.07, 6.45) is 11.3. The van der Waals surface area contributed by atoms with E-state index in [0.29, 0.717) is 35.5 Å². The fourth-order valence-corrected chi connectivity index (χ4v) is 9.52. The van der Waals surface area contributed by atoms with Crippen LogP contribution in [0.3, 0.4) is 0 Å². The van der Waals surface area contributed by atoms with E-state index in [1.54, 1.807) is 0 Å². The van der Waals surface area contributed by atoms with Crippen molar-refractivity contribution in [3.05, 3.63) is 0 Å². The van der Waals surface area contributed by atoms with E-state index in [9.17, 15) is 9.90 Å². The zero-order valence-corrected chi connectivity index (χ0v) is 16.9. The molecule has 4 aliphatic carbocycles. The second-order valence-corrected chi connectivity index (χ2v) is 11.4. The van der Waals surface area contributed by atoms with E-state index in [0.717, 1.165) is 18.8 Å². The Balaban J connectivity index is 1.39. The van der Waals surface area contributed by atoms with Crippen LogP contribution in [0.15, 0.2) is 0 Å². The molecular weight excluding hydrogens is 338 g/mol. The molecule has 10 atom stereocenters. The van der Waals surface area contributed by atoms with E-state index in [1.807, 2.05) is 0 Å². The highest BCUT2D eigenvalue weighted by atomic mass is 16.5. The normalized spacial score (nSPS) is 61.4. The highest BCUT2D eigenvalue weighted by Gasteiger charge is 2.73. The number of aliphatic hydroxyl groups is 1. The van der Waals surface area contributed by atoms with Gasteiger partial charge in [0.2, 0.25) is 5.91 Å². The standard InChI is InChI=1S/C23H35NO3/c1-21-8-5-14(25)11-13(21)3-4-18-17(21)6-9-22(2)16-7-10-23(18,22)27-20-15(16)12-19(26)24-20/h13-18,20,25H,3-12H2,1-2H3,(H,24,26)/t13-,14+,15+,16-,17-,18+,20-,21-,22+,23-/m0/s1. The molecule has 2 N–H and O–H groups in total. The minimum Gasteiger partial charge on any atom is -0.393 e. The summed E-state index contributed by atoms with van der Waals surface area (Å²) in [6, 6.07) is 0. The maximum Gasteiger partial charge on any atom is 0.222 e. The van der Waals surface area contributed by atoms with Crippen molar-refractivity contribution in [2.45, 2.75) is 96.0 Å². The van der Waals surface area contributed by atoms with Crippen molar-refractivity contribution >= 4 is 5.91 Å². The molecule has 0 aromatic carbocycles. The van der Waals surface area contributed by atoms with E-state index >= 15 is 0 Å². The van der Waals surface area contributed by atoms with E-state index in [1.165, 1.54) is 44.9 Å². The molecule has 0 spiro atoms. The molecule has 0 unspecified atom stereocenters. The second-order valence-electron chi connectivity index (χ2n) is 11.4. The van der Waals surface area contributed by atoms with Gasteiger partial charge in [-0.25, -0.2) is 0 Å². The van der Waals surface area contributed by atoms with Crippen molar-refractivity contribution < 1.29 is 14.6 Å². The summed E-state index contributed by atoms with van der Waals surface area (Å²) >= 11 is 0. The number of amides is 1. The Morgan fingerprint density at radius 1 is 1.00 bits per heavy atom. The molecule has 6 fully saturated rings. The van der Waals surface area contributed by atoms with Gasteiger partial charge in [-0.3, -0.25) is 4.79 Å². The van der Waals surface area contributed by atoms with Crippen LogP contribution in [0.5, 0.6) is 0 Å². The first kappa shape index (κ1) is 17.3. The zero-order valence-electron chi connectivity index (χ0n) is 16.9. The Labute approximate surface area is 162 Å². The van der Waals surface area contributed by atoms with Gasteiger partial charge >= 0.3 is 0 Å². The number of nitrogens with one attached hydrogen (secondary N) is 1. The Bertz CT molecular complexity index is 681. The number of ether oxygens (including phenoxy) is 1. The average molecular weight is 374 g/mol. The third-order valence-corrected chi connectivity index (χ3v) is 10.8. The highest BCUT2D eigenvalue weighted by Crippen LogP contribution is 2.73. The Morgan fingerprint density at radius 2 is 1.81 bits per heavy atom. The second kappa shape index (κ2) is 5.30. The molecule has 2 bridgehead atoms. The molecule has 4 heteroatoms. The Morgan fingerprint density at radius 3 is 2.67 bits per heavy atom. The highest BCUT2D eigenvalue weighted by molar-refractivity contribution is 5.79. The number of carbonyl (C=O) groups is 1. The van der Waals surface area contributed by atoms with Gasteiger partial charge in [-0.2, -0.15) is 0 Å². The lowest BCUT2D eigenvalue weighted by atomic mass is 9.42. The van der Waals surface area contributed by atoms with Crippen molar-refractivity contribution in [3.8, 4) is 0 Å². The summed E-state index contributed by atoms with van der Waals surface area (Å²) in [5.74, 6) is 3.28. The predicted molar refractivity (Wildman–Crippen MR) is 102 cm³/mol. The van der Waals surface area contributed by atoms with E-state index in [-0.39, 0.29) is 29.3 Å². The van der Waals surface area contributed by atoms with Gasteiger partial charge in [-0.15, -0.1) is 0 Å². The summed E-state index contributed by atoms with van der Waals surface area (Å²) in [5.41, 5.74) is 0.595. The molecule has 2 saturated heterocycles. The molecule has 0 aromatic rings. The average Bonchev–Trinajstić information content (AvgIpc) is 3.08. The van der Waals surface area contributed by atoms with E-state index in [4.69, 9.17) is 4.74 Å². The number of aliphatic hydroxyl groups excluding tert-OH is 1. The summed E-state index contributed by atoms with van der Waals surface area (Å²) in [6.45, 7) is 5.05. The van der Waals surface area contributed by atoms with Crippen LogP contribution in [0.1, 0.15) is 78.1 Å². The van der Waals surface area contributed by atoms with Gasteiger partial charge in [0.05, 0.1) is 11.7 Å². The third-order valence-electron chi connectivity index (χ3n) is 10.8. The smallest absolute Gasteiger partial charge is 0.222 e. The molecule has 4 saturated carbocycles. The molecular formula is C23H35NO3. The summed E-state index contributed by atoms with van der Waals surface area (Å²) in [7, 11) is 0. The molecule has 6 aliphatic rings. The lowest BCUT2D eigenvalue weighted by molar-refractivity contribution is -0.288. The number of hydrogen-bond acceptors (Lipinski definition) is 3. The fourth-order valence-electron chi connectivity index (χ4n) is 9.52. The largest absolute Gasteiger partial charge is 0.393 e. The number of rotatable bonds is 0. The molecule has 2 aliphatic heterocycles. The van der Waals surface area contributed by atoms with Crippen LogP contribution in [-0.2, 0) is 9.53 Å². The van der Waals surface area contributed by atoms with Crippen LogP contribution in [0, 0.1) is 40.4 Å². The molecule has 150 valence electrons. The van der Waals surface area contributed by atoms with Crippen LogP contribution >= 0.6 is 0 Å². The monoisotopic (exact) mass is 373 g/mol. The van der Waals surface area contributed by atoms with E-state index < -0.39 is 0 Å². The molecule has 0 aromatic heterocycles. The predicted octanol–water partition coefficient (Wildman–Crippen LogP) is 3.62. The first-order valence-electron chi connectivity index (χ1n) is 11.5. The molecule has 4 nitrogen and oxygen atoms in total. The van der Waals surface area contributed by atoms with E-state index in [2.05, 4.69) is 19.2 Å². The Kier molecular flexibility index (Phi) is 3.39. The van der Waals surface area contributed by atoms with Gasteiger partial charge in [-0.05, 0) is 86.9 Å². The first-order valence-corrected chi connectivity index (χ1v) is 11.5. The summed E-state index contributed by atoms with van der Waals surface area (Å²) in [4.78, 5) is 12.1.